The number of hydrogen-bond donors (Lipinski definition) is 0. The summed E-state index contributed by atoms with van der Waals surface area (Å²) in [6.45, 7) is 6.77. The monoisotopic (exact) mass is 252 g/mol. The molecule has 0 aromatic heterocycles. The second kappa shape index (κ2) is 14.8. The van der Waals surface area contributed by atoms with E-state index in [-0.39, 0.29) is 0 Å². The normalized spacial score (nSPS) is 11.8. The largest absolute Gasteiger partial charge is 0.0917 e. The van der Waals surface area contributed by atoms with Crippen LogP contribution in [0.4, 0.5) is 0 Å². The summed E-state index contributed by atoms with van der Waals surface area (Å²) in [5.74, 6) is 0.896. The average molecular weight is 252 g/mol. The van der Waals surface area contributed by atoms with Crippen LogP contribution in [0, 0.1) is 5.92 Å². The molecular formula is C18H36. The lowest BCUT2D eigenvalue weighted by Gasteiger charge is -2.04. The second-order valence-corrected chi connectivity index (χ2v) is 6.08. The summed E-state index contributed by atoms with van der Waals surface area (Å²) in [6.07, 6.45) is 21.7. The van der Waals surface area contributed by atoms with Crippen LogP contribution in [0.25, 0.3) is 0 Å². The Bertz CT molecular complexity index is 167. The molecule has 0 heterocycles. The van der Waals surface area contributed by atoms with Gasteiger partial charge in [0.05, 0.1) is 0 Å². The molecule has 0 radical (unpaired) electrons. The van der Waals surface area contributed by atoms with E-state index in [0.717, 1.165) is 5.92 Å². The molecule has 108 valence electrons. The van der Waals surface area contributed by atoms with Gasteiger partial charge in [-0.1, -0.05) is 90.2 Å². The van der Waals surface area contributed by atoms with Gasteiger partial charge >= 0.3 is 0 Å². The maximum atomic E-state index is 2.33. The summed E-state index contributed by atoms with van der Waals surface area (Å²) in [4.78, 5) is 0. The molecule has 0 saturated carbocycles. The lowest BCUT2D eigenvalue weighted by molar-refractivity contribution is 0.505. The highest BCUT2D eigenvalue weighted by Gasteiger charge is 1.95. The molecule has 0 aromatic carbocycles. The van der Waals surface area contributed by atoms with Gasteiger partial charge in [0.2, 0.25) is 0 Å². The van der Waals surface area contributed by atoms with Crippen LogP contribution in [0.3, 0.4) is 0 Å². The first-order valence-electron chi connectivity index (χ1n) is 8.38. The van der Waals surface area contributed by atoms with Crippen molar-refractivity contribution in [1.82, 2.24) is 0 Å². The first-order valence-corrected chi connectivity index (χ1v) is 8.38. The van der Waals surface area contributed by atoms with Gasteiger partial charge in [-0.15, -0.1) is 0 Å². The summed E-state index contributed by atoms with van der Waals surface area (Å²) < 4.78 is 0. The minimum absolute atomic E-state index is 0.896. The molecule has 0 nitrogen and oxygen atoms in total. The zero-order chi connectivity index (χ0) is 13.5. The van der Waals surface area contributed by atoms with Crippen LogP contribution >= 0.6 is 0 Å². The van der Waals surface area contributed by atoms with Gasteiger partial charge in [0.25, 0.3) is 0 Å². The van der Waals surface area contributed by atoms with Crippen molar-refractivity contribution in [2.24, 2.45) is 5.92 Å². The smallest absolute Gasteiger partial charge is 0.0351 e. The van der Waals surface area contributed by atoms with Crippen LogP contribution in [0.15, 0.2) is 12.2 Å². The molecule has 0 fully saturated rings. The van der Waals surface area contributed by atoms with Gasteiger partial charge < -0.3 is 0 Å². The molecule has 0 rings (SSSR count). The highest BCUT2D eigenvalue weighted by Crippen LogP contribution is 2.13. The Labute approximate surface area is 116 Å². The first-order chi connectivity index (χ1) is 8.77. The maximum absolute atomic E-state index is 2.33. The Morgan fingerprint density at radius 1 is 0.667 bits per heavy atom. The fourth-order valence-electron chi connectivity index (χ4n) is 2.40. The highest BCUT2D eigenvalue weighted by molar-refractivity contribution is 4.76. The van der Waals surface area contributed by atoms with E-state index in [2.05, 4.69) is 32.9 Å². The summed E-state index contributed by atoms with van der Waals surface area (Å²) >= 11 is 0. The zero-order valence-electron chi connectivity index (χ0n) is 13.2. The van der Waals surface area contributed by atoms with Crippen molar-refractivity contribution in [1.29, 1.82) is 0 Å². The van der Waals surface area contributed by atoms with E-state index in [9.17, 15) is 0 Å². The SMILES string of the molecule is CC=CCCCCCCCCCCCCC(C)C. The second-order valence-electron chi connectivity index (χ2n) is 6.08. The Balaban J connectivity index is 2.94. The lowest BCUT2D eigenvalue weighted by atomic mass is 10.0. The molecule has 0 heteroatoms. The lowest BCUT2D eigenvalue weighted by Crippen LogP contribution is -1.87. The predicted molar refractivity (Wildman–Crippen MR) is 85.1 cm³/mol. The fraction of sp³-hybridized carbons (Fsp3) is 0.889. The molecule has 0 aliphatic heterocycles. The van der Waals surface area contributed by atoms with Gasteiger partial charge in [-0.2, -0.15) is 0 Å². The molecule has 0 saturated heterocycles. The molecule has 0 atom stereocenters. The maximum Gasteiger partial charge on any atom is -0.0351 e. The van der Waals surface area contributed by atoms with Crippen molar-refractivity contribution in [3.05, 3.63) is 12.2 Å². The van der Waals surface area contributed by atoms with Gasteiger partial charge in [0, 0.05) is 0 Å². The molecule has 0 bridgehead atoms. The predicted octanol–water partition coefficient (Wildman–Crippen LogP) is 6.90. The van der Waals surface area contributed by atoms with Crippen molar-refractivity contribution in [2.75, 3.05) is 0 Å². The van der Waals surface area contributed by atoms with Crippen LogP contribution in [0.5, 0.6) is 0 Å². The third-order valence-electron chi connectivity index (χ3n) is 3.64. The van der Waals surface area contributed by atoms with Crippen molar-refractivity contribution in [2.45, 2.75) is 97.8 Å². The molecule has 0 amide bonds. The molecule has 0 aliphatic rings. The van der Waals surface area contributed by atoms with Crippen LogP contribution in [-0.4, -0.2) is 0 Å². The number of rotatable bonds is 13. The minimum Gasteiger partial charge on any atom is -0.0917 e. The van der Waals surface area contributed by atoms with Crippen LogP contribution in [0.2, 0.25) is 0 Å². The van der Waals surface area contributed by atoms with Gasteiger partial charge in [0.1, 0.15) is 0 Å². The number of allylic oxidation sites excluding steroid dienone is 2. The molecule has 0 unspecified atom stereocenters. The third kappa shape index (κ3) is 15.7. The van der Waals surface area contributed by atoms with Crippen molar-refractivity contribution in [3.63, 3.8) is 0 Å². The van der Waals surface area contributed by atoms with Gasteiger partial charge in [-0.05, 0) is 25.7 Å². The Hall–Kier alpha value is -0.260. The van der Waals surface area contributed by atoms with Crippen LogP contribution < -0.4 is 0 Å². The van der Waals surface area contributed by atoms with E-state index in [4.69, 9.17) is 0 Å². The highest BCUT2D eigenvalue weighted by atomic mass is 14.0. The average Bonchev–Trinajstić information content (AvgIpc) is 2.34. The van der Waals surface area contributed by atoms with E-state index in [1.165, 1.54) is 77.0 Å². The Morgan fingerprint density at radius 2 is 1.11 bits per heavy atom. The number of hydrogen-bond acceptors (Lipinski definition) is 0. The fourth-order valence-corrected chi connectivity index (χ4v) is 2.40. The molecule has 0 aliphatic carbocycles. The van der Waals surface area contributed by atoms with Crippen LogP contribution in [0.1, 0.15) is 97.8 Å². The van der Waals surface area contributed by atoms with Crippen molar-refractivity contribution < 1.29 is 0 Å². The molecule has 0 N–H and O–H groups in total. The molecule has 0 aromatic rings. The van der Waals surface area contributed by atoms with E-state index in [1.807, 2.05) is 0 Å². The summed E-state index contributed by atoms with van der Waals surface area (Å²) in [5.41, 5.74) is 0. The summed E-state index contributed by atoms with van der Waals surface area (Å²) in [7, 11) is 0. The zero-order valence-corrected chi connectivity index (χ0v) is 13.2. The third-order valence-corrected chi connectivity index (χ3v) is 3.64. The van der Waals surface area contributed by atoms with E-state index in [0.29, 0.717) is 0 Å². The summed E-state index contributed by atoms with van der Waals surface area (Å²) in [6, 6.07) is 0. The standard InChI is InChI=1S/C18H36/c1-4-5-6-7-8-9-10-11-12-13-14-15-16-17-18(2)3/h4-5,18H,6-17H2,1-3H3. The Kier molecular flexibility index (Phi) is 14.6. The first kappa shape index (κ1) is 17.7. The molecule has 0 spiro atoms. The molecule has 18 heavy (non-hydrogen) atoms. The van der Waals surface area contributed by atoms with Crippen molar-refractivity contribution in [3.8, 4) is 0 Å². The number of unbranched alkanes of at least 4 members (excludes halogenated alkanes) is 10. The Morgan fingerprint density at radius 3 is 1.56 bits per heavy atom. The van der Waals surface area contributed by atoms with Gasteiger partial charge in [-0.25, -0.2) is 0 Å². The van der Waals surface area contributed by atoms with Crippen LogP contribution in [-0.2, 0) is 0 Å². The topological polar surface area (TPSA) is 0 Å². The van der Waals surface area contributed by atoms with Gasteiger partial charge in [-0.3, -0.25) is 0 Å². The summed E-state index contributed by atoms with van der Waals surface area (Å²) in [5, 5.41) is 0. The minimum atomic E-state index is 0.896. The van der Waals surface area contributed by atoms with E-state index in [1.54, 1.807) is 0 Å². The van der Waals surface area contributed by atoms with E-state index < -0.39 is 0 Å². The van der Waals surface area contributed by atoms with Crippen molar-refractivity contribution >= 4 is 0 Å². The molecular weight excluding hydrogens is 216 g/mol. The van der Waals surface area contributed by atoms with Gasteiger partial charge in [0.15, 0.2) is 0 Å². The van der Waals surface area contributed by atoms with E-state index >= 15 is 0 Å². The quantitative estimate of drug-likeness (QED) is 0.247.